The average molecular weight is 571 g/mol. The quantitative estimate of drug-likeness (QED) is 0.142. The number of hydrogen-bond acceptors (Lipinski definition) is 5. The smallest absolute Gasteiger partial charge is 0.316 e. The van der Waals surface area contributed by atoms with E-state index in [0.29, 0.717) is 6.61 Å². The fourth-order valence-electron chi connectivity index (χ4n) is 5.88. The van der Waals surface area contributed by atoms with E-state index in [-0.39, 0.29) is 5.97 Å². The van der Waals surface area contributed by atoms with Crippen molar-refractivity contribution in [3.63, 3.8) is 0 Å². The number of hydrogen-bond donors (Lipinski definition) is 0. The van der Waals surface area contributed by atoms with E-state index < -0.39 is 5.41 Å². The number of aryl methyl sites for hydroxylation is 1. The van der Waals surface area contributed by atoms with Crippen molar-refractivity contribution in [2.24, 2.45) is 0 Å². The minimum absolute atomic E-state index is 0.103. The van der Waals surface area contributed by atoms with Gasteiger partial charge >= 0.3 is 5.97 Å². The molecule has 0 radical (unpaired) electrons. The van der Waals surface area contributed by atoms with Gasteiger partial charge in [0.25, 0.3) is 0 Å². The summed E-state index contributed by atoms with van der Waals surface area (Å²) in [6.07, 6.45) is 2.56. The molecule has 5 heteroatoms. The molecule has 0 unspecified atom stereocenters. The summed E-state index contributed by atoms with van der Waals surface area (Å²) in [7, 11) is 0. The van der Waals surface area contributed by atoms with Gasteiger partial charge in [-0.05, 0) is 60.9 Å². The lowest BCUT2D eigenvalue weighted by atomic mass is 9.93. The lowest BCUT2D eigenvalue weighted by molar-refractivity contribution is -0.146. The average Bonchev–Trinajstić information content (AvgIpc) is 3.78. The van der Waals surface area contributed by atoms with Crippen LogP contribution in [0.3, 0.4) is 0 Å². The van der Waals surface area contributed by atoms with Crippen LogP contribution in [0.4, 0.5) is 0 Å². The molecule has 0 N–H and O–H groups in total. The molecule has 0 bridgehead atoms. The first-order chi connectivity index (χ1) is 21.1. The Morgan fingerprint density at radius 3 is 1.86 bits per heavy atom. The Morgan fingerprint density at radius 1 is 0.791 bits per heavy atom. The molecule has 0 aliphatic heterocycles. The molecule has 0 atom stereocenters. The molecule has 218 valence electrons. The number of ether oxygens (including phenoxy) is 1. The third-order valence-electron chi connectivity index (χ3n) is 8.49. The monoisotopic (exact) mass is 570 g/mol. The molecule has 1 aromatic heterocycles. The Morgan fingerprint density at radius 2 is 1.33 bits per heavy atom. The Kier molecular flexibility index (Phi) is 8.52. The molecule has 0 amide bonds. The summed E-state index contributed by atoms with van der Waals surface area (Å²) >= 11 is 0. The molecule has 5 nitrogen and oxygen atoms in total. The maximum atomic E-state index is 12.5. The van der Waals surface area contributed by atoms with E-state index in [1.165, 1.54) is 11.1 Å². The second-order valence-corrected chi connectivity index (χ2v) is 11.5. The molecule has 4 aromatic carbocycles. The fourth-order valence-corrected chi connectivity index (χ4v) is 5.88. The summed E-state index contributed by atoms with van der Waals surface area (Å²) in [5.41, 5.74) is 8.54. The lowest BCUT2D eigenvalue weighted by Gasteiger charge is -2.23. The fraction of sp³-hybridized carbons (Fsp3) is 0.263. The molecule has 1 aliphatic rings. The molecule has 1 fully saturated rings. The van der Waals surface area contributed by atoms with Crippen LogP contribution in [0.5, 0.6) is 0 Å². The van der Waals surface area contributed by atoms with Gasteiger partial charge in [-0.3, -0.25) is 9.69 Å². The van der Waals surface area contributed by atoms with Crippen molar-refractivity contribution < 1.29 is 14.1 Å². The highest BCUT2D eigenvalue weighted by Crippen LogP contribution is 2.49. The van der Waals surface area contributed by atoms with Crippen molar-refractivity contribution in [2.75, 3.05) is 13.2 Å². The number of rotatable bonds is 12. The van der Waals surface area contributed by atoms with Crippen LogP contribution < -0.4 is 0 Å². The van der Waals surface area contributed by atoms with Crippen LogP contribution in [-0.4, -0.2) is 29.2 Å². The van der Waals surface area contributed by atoms with Crippen LogP contribution in [0.25, 0.3) is 22.5 Å². The minimum atomic E-state index is -0.448. The van der Waals surface area contributed by atoms with E-state index in [9.17, 15) is 4.79 Å². The lowest BCUT2D eigenvalue weighted by Crippen LogP contribution is -2.25. The maximum absolute atomic E-state index is 12.5. The van der Waals surface area contributed by atoms with Crippen LogP contribution >= 0.6 is 0 Å². The zero-order valence-electron chi connectivity index (χ0n) is 25.0. The third-order valence-corrected chi connectivity index (χ3v) is 8.49. The molecule has 1 saturated carbocycles. The zero-order chi connectivity index (χ0) is 29.6. The van der Waals surface area contributed by atoms with Crippen LogP contribution in [0.1, 0.15) is 47.7 Å². The van der Waals surface area contributed by atoms with Crippen molar-refractivity contribution >= 4 is 5.97 Å². The van der Waals surface area contributed by atoms with Gasteiger partial charge in [0.05, 0.1) is 17.7 Å². The van der Waals surface area contributed by atoms with Gasteiger partial charge in [-0.2, -0.15) is 0 Å². The van der Waals surface area contributed by atoms with Crippen molar-refractivity contribution in [1.82, 2.24) is 10.1 Å². The van der Waals surface area contributed by atoms with Crippen molar-refractivity contribution in [3.8, 4) is 22.5 Å². The maximum Gasteiger partial charge on any atom is 0.316 e. The first-order valence-corrected chi connectivity index (χ1v) is 15.2. The number of nitrogens with zero attached hydrogens (tertiary/aromatic N) is 2. The second kappa shape index (κ2) is 12.8. The van der Waals surface area contributed by atoms with Crippen molar-refractivity contribution in [2.45, 2.75) is 51.6 Å². The first-order valence-electron chi connectivity index (χ1n) is 15.2. The Hall–Kier alpha value is -4.48. The Bertz CT molecular complexity index is 1600. The number of aromatic nitrogens is 1. The summed E-state index contributed by atoms with van der Waals surface area (Å²) in [6.45, 7) is 6.94. The molecule has 0 spiro atoms. The highest BCUT2D eigenvalue weighted by atomic mass is 16.5. The van der Waals surface area contributed by atoms with E-state index in [2.05, 4.69) is 119 Å². The van der Waals surface area contributed by atoms with Crippen molar-refractivity contribution in [3.05, 3.63) is 137 Å². The highest BCUT2D eigenvalue weighted by Gasteiger charge is 2.52. The van der Waals surface area contributed by atoms with Crippen molar-refractivity contribution in [1.29, 1.82) is 0 Å². The zero-order valence-corrected chi connectivity index (χ0v) is 25.0. The number of benzene rings is 4. The number of esters is 1. The van der Waals surface area contributed by atoms with E-state index in [0.717, 1.165) is 78.2 Å². The van der Waals surface area contributed by atoms with Gasteiger partial charge in [-0.15, -0.1) is 0 Å². The van der Waals surface area contributed by atoms with E-state index in [4.69, 9.17) is 9.26 Å². The molecule has 5 aromatic rings. The molecular formula is C38H38N2O3. The third kappa shape index (κ3) is 6.47. The normalized spacial score (nSPS) is 13.7. The van der Waals surface area contributed by atoms with Gasteiger partial charge in [0.2, 0.25) is 0 Å². The van der Waals surface area contributed by atoms with Gasteiger partial charge < -0.3 is 9.26 Å². The molecule has 0 saturated heterocycles. The Balaban J connectivity index is 1.16. The predicted octanol–water partition coefficient (Wildman–Crippen LogP) is 8.16. The SMILES string of the molecule is CCOC(=O)C1(c2ccc(-c3ccc(-c4onc(C)c4CCN(Cc4ccccc4)Cc4ccccc4)cc3)cc2)CC1. The van der Waals surface area contributed by atoms with Gasteiger partial charge in [0.15, 0.2) is 5.76 Å². The minimum Gasteiger partial charge on any atom is -0.465 e. The summed E-state index contributed by atoms with van der Waals surface area (Å²) in [6, 6.07) is 38.1. The highest BCUT2D eigenvalue weighted by molar-refractivity contribution is 5.87. The van der Waals surface area contributed by atoms with Gasteiger partial charge in [0.1, 0.15) is 0 Å². The Labute approximate surface area is 254 Å². The van der Waals surface area contributed by atoms with Gasteiger partial charge in [-0.25, -0.2) is 0 Å². The topological polar surface area (TPSA) is 55.6 Å². The van der Waals surface area contributed by atoms with Crippen LogP contribution in [-0.2, 0) is 34.5 Å². The van der Waals surface area contributed by atoms with Gasteiger partial charge in [0, 0.05) is 30.8 Å². The molecular weight excluding hydrogens is 532 g/mol. The summed E-state index contributed by atoms with van der Waals surface area (Å²) in [5, 5.41) is 4.35. The summed E-state index contributed by atoms with van der Waals surface area (Å²) in [4.78, 5) is 15.0. The molecule has 1 aliphatic carbocycles. The van der Waals surface area contributed by atoms with Gasteiger partial charge in [-0.1, -0.05) is 114 Å². The van der Waals surface area contributed by atoms with Crippen LogP contribution in [0.15, 0.2) is 114 Å². The molecule has 1 heterocycles. The number of carbonyl (C=O) groups is 1. The van der Waals surface area contributed by atoms with E-state index in [1.54, 1.807) is 0 Å². The molecule has 6 rings (SSSR count). The van der Waals surface area contributed by atoms with Crippen LogP contribution in [0, 0.1) is 6.92 Å². The predicted molar refractivity (Wildman–Crippen MR) is 170 cm³/mol. The van der Waals surface area contributed by atoms with Crippen LogP contribution in [0.2, 0.25) is 0 Å². The summed E-state index contributed by atoms with van der Waals surface area (Å²) in [5.74, 6) is 0.734. The molecule has 43 heavy (non-hydrogen) atoms. The largest absolute Gasteiger partial charge is 0.465 e. The first kappa shape index (κ1) is 28.6. The van der Waals surface area contributed by atoms with E-state index >= 15 is 0 Å². The standard InChI is InChI=1S/C38H38N2O3/c1-3-42-37(41)38(23-24-38)34-20-18-32(19-21-34)31-14-16-33(17-15-31)36-35(28(2)39-43-36)22-25-40(26-29-10-6-4-7-11-29)27-30-12-8-5-9-13-30/h4-21H,3,22-27H2,1-2H3. The van der Waals surface area contributed by atoms with E-state index in [1.807, 2.05) is 13.8 Å². The number of carbonyl (C=O) groups excluding carboxylic acids is 1. The second-order valence-electron chi connectivity index (χ2n) is 11.5. The summed E-state index contributed by atoms with van der Waals surface area (Å²) < 4.78 is 11.2.